The fraction of sp³-hybridized carbons (Fsp3) is 0.481. The Balaban J connectivity index is 1.63. The van der Waals surface area contributed by atoms with Crippen molar-refractivity contribution < 1.29 is 49.9 Å². The summed E-state index contributed by atoms with van der Waals surface area (Å²) in [6.45, 7) is 2.50. The van der Waals surface area contributed by atoms with E-state index in [0.29, 0.717) is 5.56 Å². The summed E-state index contributed by atoms with van der Waals surface area (Å²) in [4.78, 5) is 54.9. The first-order valence-electron chi connectivity index (χ1n) is 13.3. The SMILES string of the molecule is CC1c2ccc(NC(=O)N3CCN(O)CC3)c(O)c2C(O)=C2C(=O)[C@]3(O)C(O)=C(C(N)=O)C(=O)[C@@H](N(C)C)C3C(O)C21. The third-order valence-corrected chi connectivity index (χ3v) is 8.91. The normalized spacial score (nSPS) is 31.6. The highest BCUT2D eigenvalue weighted by atomic mass is 16.5. The quantitative estimate of drug-likeness (QED) is 0.158. The first kappa shape index (κ1) is 29.5. The fourth-order valence-electron chi connectivity index (χ4n) is 6.81. The number of ketones is 2. The molecule has 6 atom stereocenters. The minimum atomic E-state index is -3.01. The number of piperazine rings is 1. The molecule has 3 aliphatic carbocycles. The van der Waals surface area contributed by atoms with E-state index < -0.39 is 87.4 Å². The second-order valence-corrected chi connectivity index (χ2v) is 11.3. The summed E-state index contributed by atoms with van der Waals surface area (Å²) in [5.41, 5.74) is 0.767. The third kappa shape index (κ3) is 3.99. The van der Waals surface area contributed by atoms with Crippen LogP contribution in [0, 0.1) is 11.8 Å². The Kier molecular flexibility index (Phi) is 7.06. The van der Waals surface area contributed by atoms with Crippen molar-refractivity contribution in [1.29, 1.82) is 0 Å². The highest BCUT2D eigenvalue weighted by Gasteiger charge is 2.68. The molecular formula is C27H33N5O10. The lowest BCUT2D eigenvalue weighted by Gasteiger charge is -2.53. The van der Waals surface area contributed by atoms with Gasteiger partial charge in [-0.3, -0.25) is 19.3 Å². The number of hydroxylamine groups is 2. The zero-order chi connectivity index (χ0) is 31.0. The van der Waals surface area contributed by atoms with Crippen LogP contribution in [0.5, 0.6) is 5.75 Å². The van der Waals surface area contributed by atoms with Crippen LogP contribution in [0.4, 0.5) is 10.5 Å². The maximum absolute atomic E-state index is 14.0. The van der Waals surface area contributed by atoms with Crippen LogP contribution in [-0.4, -0.2) is 127 Å². The third-order valence-electron chi connectivity index (χ3n) is 8.91. The summed E-state index contributed by atoms with van der Waals surface area (Å²) < 4.78 is 0. The number of phenols is 1. The molecule has 226 valence electrons. The summed E-state index contributed by atoms with van der Waals surface area (Å²) in [5.74, 6) is -9.97. The van der Waals surface area contributed by atoms with Crippen molar-refractivity contribution in [2.24, 2.45) is 17.6 Å². The van der Waals surface area contributed by atoms with Crippen LogP contribution in [0.1, 0.15) is 24.0 Å². The fourth-order valence-corrected chi connectivity index (χ4v) is 6.81. The van der Waals surface area contributed by atoms with E-state index >= 15 is 0 Å². The van der Waals surface area contributed by atoms with Crippen LogP contribution in [-0.2, 0) is 14.4 Å². The Hall–Kier alpha value is -4.02. The molecule has 4 unspecified atom stereocenters. The molecule has 0 bridgehead atoms. The van der Waals surface area contributed by atoms with Gasteiger partial charge in [-0.25, -0.2) is 4.79 Å². The number of carbonyl (C=O) groups is 4. The van der Waals surface area contributed by atoms with Crippen LogP contribution in [0.2, 0.25) is 0 Å². The Bertz CT molecular complexity index is 1460. The molecule has 0 spiro atoms. The number of nitrogens with zero attached hydrogens (tertiary/aromatic N) is 3. The maximum atomic E-state index is 14.0. The van der Waals surface area contributed by atoms with Crippen molar-refractivity contribution in [1.82, 2.24) is 14.9 Å². The van der Waals surface area contributed by atoms with Gasteiger partial charge in [0.15, 0.2) is 11.4 Å². The first-order valence-corrected chi connectivity index (χ1v) is 13.3. The largest absolute Gasteiger partial charge is 0.508 e. The van der Waals surface area contributed by atoms with E-state index in [4.69, 9.17) is 5.73 Å². The summed E-state index contributed by atoms with van der Waals surface area (Å²) >= 11 is 0. The van der Waals surface area contributed by atoms with Gasteiger partial charge in [0.1, 0.15) is 22.8 Å². The average Bonchev–Trinajstić information content (AvgIpc) is 2.92. The molecule has 0 radical (unpaired) electrons. The standard InChI is InChI=1S/C27H33N5O10/c1-10-11-4-5-12(29-26(40)31-6-8-32(42)9-7-31)19(33)14(11)20(34)15-13(10)21(35)17-18(30(2)3)22(36)16(25(28)39)24(38)27(17,41)23(15)37/h4-5,10,13,17-18,21,33-35,38,41-42H,6-9H2,1-3H3,(H2,28,39)(H,29,40)/t10?,13?,17?,18-,21?,27-/m0/s1. The van der Waals surface area contributed by atoms with Gasteiger partial charge in [-0.2, -0.15) is 5.06 Å². The molecule has 1 aliphatic heterocycles. The lowest BCUT2D eigenvalue weighted by molar-refractivity contribution is -0.169. The predicted octanol–water partition coefficient (Wildman–Crippen LogP) is -0.965. The minimum Gasteiger partial charge on any atom is -0.508 e. The van der Waals surface area contributed by atoms with Crippen molar-refractivity contribution >= 4 is 35.0 Å². The lowest BCUT2D eigenvalue weighted by Crippen LogP contribution is -2.70. The van der Waals surface area contributed by atoms with E-state index in [2.05, 4.69) is 5.32 Å². The Labute approximate surface area is 239 Å². The molecule has 5 rings (SSSR count). The van der Waals surface area contributed by atoms with E-state index in [1.807, 2.05) is 0 Å². The van der Waals surface area contributed by atoms with Crippen LogP contribution >= 0.6 is 0 Å². The second-order valence-electron chi connectivity index (χ2n) is 11.3. The number of fused-ring (bicyclic) bond motifs is 3. The number of primary amides is 1. The highest BCUT2D eigenvalue weighted by molar-refractivity contribution is 6.24. The van der Waals surface area contributed by atoms with E-state index in [1.165, 1.54) is 36.0 Å². The monoisotopic (exact) mass is 587 g/mol. The van der Waals surface area contributed by atoms with Gasteiger partial charge in [-0.1, -0.05) is 13.0 Å². The minimum absolute atomic E-state index is 0.0990. The lowest BCUT2D eigenvalue weighted by atomic mass is 9.54. The number of hydrogen-bond acceptors (Lipinski definition) is 12. The number of urea groups is 1. The molecule has 9 N–H and O–H groups in total. The summed E-state index contributed by atoms with van der Waals surface area (Å²) in [7, 11) is 2.86. The number of carbonyl (C=O) groups excluding carboxylic acids is 4. The number of likely N-dealkylation sites (N-methyl/N-ethyl adjacent to an activating group) is 1. The summed E-state index contributed by atoms with van der Waals surface area (Å²) in [5, 5.41) is 70.1. The molecule has 2 fully saturated rings. The average molecular weight is 588 g/mol. The van der Waals surface area contributed by atoms with Crippen molar-refractivity contribution in [2.45, 2.75) is 30.6 Å². The van der Waals surface area contributed by atoms with Crippen molar-refractivity contribution in [3.05, 3.63) is 40.2 Å². The number of nitrogens with two attached hydrogens (primary N) is 1. The van der Waals surface area contributed by atoms with Gasteiger partial charge in [0, 0.05) is 37.7 Å². The molecule has 3 amide bonds. The number of aromatic hydroxyl groups is 1. The molecule has 1 aromatic rings. The molecule has 4 aliphatic rings. The number of Topliss-reactive ketones (excluding diaryl/α,β-unsaturated/α-hetero) is 2. The molecule has 0 aromatic heterocycles. The number of anilines is 1. The Morgan fingerprint density at radius 1 is 1.10 bits per heavy atom. The van der Waals surface area contributed by atoms with Crippen molar-refractivity contribution in [3.63, 3.8) is 0 Å². The topological polar surface area (TPSA) is 237 Å². The molecular weight excluding hydrogens is 554 g/mol. The highest BCUT2D eigenvalue weighted by Crippen LogP contribution is 2.56. The van der Waals surface area contributed by atoms with Crippen molar-refractivity contribution in [2.75, 3.05) is 45.6 Å². The van der Waals surface area contributed by atoms with Gasteiger partial charge >= 0.3 is 6.03 Å². The van der Waals surface area contributed by atoms with Gasteiger partial charge in [0.05, 0.1) is 29.3 Å². The van der Waals surface area contributed by atoms with E-state index in [9.17, 15) is 49.9 Å². The number of hydrogen-bond donors (Lipinski definition) is 8. The van der Waals surface area contributed by atoms with Crippen LogP contribution in [0.25, 0.3) is 5.76 Å². The van der Waals surface area contributed by atoms with E-state index in [-0.39, 0.29) is 37.4 Å². The van der Waals surface area contributed by atoms with E-state index in [0.717, 1.165) is 5.06 Å². The van der Waals surface area contributed by atoms with Gasteiger partial charge in [0.2, 0.25) is 5.78 Å². The maximum Gasteiger partial charge on any atom is 0.322 e. The van der Waals surface area contributed by atoms with E-state index in [1.54, 1.807) is 6.92 Å². The summed E-state index contributed by atoms with van der Waals surface area (Å²) in [6.07, 6.45) is -1.70. The number of amides is 3. The molecule has 1 aromatic carbocycles. The molecule has 1 heterocycles. The molecule has 15 nitrogen and oxygen atoms in total. The molecule has 15 heteroatoms. The predicted molar refractivity (Wildman–Crippen MR) is 144 cm³/mol. The zero-order valence-corrected chi connectivity index (χ0v) is 23.1. The number of benzene rings is 1. The number of nitrogens with one attached hydrogen (secondary N) is 1. The van der Waals surface area contributed by atoms with Gasteiger partial charge in [-0.15, -0.1) is 0 Å². The number of rotatable bonds is 3. The molecule has 42 heavy (non-hydrogen) atoms. The van der Waals surface area contributed by atoms with Gasteiger partial charge < -0.3 is 46.7 Å². The number of aliphatic hydroxyl groups is 4. The van der Waals surface area contributed by atoms with Gasteiger partial charge in [-0.05, 0) is 31.6 Å². The van der Waals surface area contributed by atoms with Crippen LogP contribution in [0.3, 0.4) is 0 Å². The number of phenolic OH excluding ortho intramolecular Hbond substituents is 1. The smallest absolute Gasteiger partial charge is 0.322 e. The molecule has 1 saturated heterocycles. The molecule has 1 saturated carbocycles. The Morgan fingerprint density at radius 3 is 2.29 bits per heavy atom. The van der Waals surface area contributed by atoms with Crippen LogP contribution in [0.15, 0.2) is 29.0 Å². The van der Waals surface area contributed by atoms with Crippen LogP contribution < -0.4 is 11.1 Å². The van der Waals surface area contributed by atoms with Gasteiger partial charge in [0.25, 0.3) is 5.91 Å². The van der Waals surface area contributed by atoms with Crippen molar-refractivity contribution in [3.8, 4) is 5.75 Å². The summed E-state index contributed by atoms with van der Waals surface area (Å²) in [6, 6.07) is 0.883. The Morgan fingerprint density at radius 2 is 1.71 bits per heavy atom. The zero-order valence-electron chi connectivity index (χ0n) is 23.1. The first-order chi connectivity index (χ1) is 19.6. The number of aliphatic hydroxyl groups excluding tert-OH is 3. The second kappa shape index (κ2) is 10.1.